The maximum absolute atomic E-state index is 11.5. The van der Waals surface area contributed by atoms with Crippen LogP contribution in [-0.4, -0.2) is 8.77 Å². The normalized spacial score (nSPS) is 11.5. The Bertz CT molecular complexity index is 677. The van der Waals surface area contributed by atoms with Crippen molar-refractivity contribution in [2.45, 2.75) is 6.92 Å². The highest BCUT2D eigenvalue weighted by Crippen LogP contribution is 2.25. The van der Waals surface area contributed by atoms with Crippen LogP contribution in [0.2, 0.25) is 0 Å². The van der Waals surface area contributed by atoms with Crippen LogP contribution in [-0.2, 0) is 0 Å². The fraction of sp³-hybridized carbons (Fsp3) is 0.111. The van der Waals surface area contributed by atoms with Gasteiger partial charge in [0.25, 0.3) is 0 Å². The molecule has 14 heavy (non-hydrogen) atoms. The van der Waals surface area contributed by atoms with Gasteiger partial charge in [0.2, 0.25) is 4.96 Å². The van der Waals surface area contributed by atoms with Gasteiger partial charge in [-0.1, -0.05) is 17.4 Å². The van der Waals surface area contributed by atoms with E-state index in [1.165, 1.54) is 5.56 Å². The van der Waals surface area contributed by atoms with Crippen LogP contribution in [0.1, 0.15) is 5.56 Å². The van der Waals surface area contributed by atoms with E-state index in [9.17, 15) is 4.79 Å². The van der Waals surface area contributed by atoms with Crippen LogP contribution in [0.25, 0.3) is 15.2 Å². The van der Waals surface area contributed by atoms with Crippen molar-refractivity contribution in [2.75, 3.05) is 0 Å². The number of benzene rings is 1. The summed E-state index contributed by atoms with van der Waals surface area (Å²) in [5.74, 6) is 0. The second-order valence-electron chi connectivity index (χ2n) is 3.14. The van der Waals surface area contributed by atoms with Gasteiger partial charge >= 0.3 is 4.87 Å². The minimum absolute atomic E-state index is 0.00453. The first-order valence-electron chi connectivity index (χ1n) is 4.13. The Hall–Kier alpha value is -1.20. The highest BCUT2D eigenvalue weighted by Gasteiger charge is 2.08. The molecule has 0 spiro atoms. The molecule has 2 heterocycles. The van der Waals surface area contributed by atoms with Crippen LogP contribution in [0.5, 0.6) is 0 Å². The molecule has 70 valence electrons. The van der Waals surface area contributed by atoms with E-state index >= 15 is 0 Å². The first-order valence-corrected chi connectivity index (χ1v) is 5.72. The second kappa shape index (κ2) is 2.65. The summed E-state index contributed by atoms with van der Waals surface area (Å²) in [5, 5.41) is 0. The maximum atomic E-state index is 11.5. The van der Waals surface area contributed by atoms with Gasteiger partial charge in [-0.05, 0) is 24.6 Å². The lowest BCUT2D eigenvalue weighted by Gasteiger charge is -1.91. The predicted octanol–water partition coefficient (Wildman–Crippen LogP) is 2.28. The molecule has 0 bridgehead atoms. The molecule has 0 atom stereocenters. The minimum Gasteiger partial charge on any atom is -0.255 e. The molecular weight excluding hydrogens is 216 g/mol. The van der Waals surface area contributed by atoms with Crippen molar-refractivity contribution >= 4 is 38.0 Å². The van der Waals surface area contributed by atoms with Gasteiger partial charge in [-0.25, -0.2) is 4.40 Å². The van der Waals surface area contributed by atoms with Gasteiger partial charge in [-0.2, -0.15) is 4.37 Å². The number of aromatic nitrogens is 2. The van der Waals surface area contributed by atoms with E-state index in [2.05, 4.69) is 10.4 Å². The van der Waals surface area contributed by atoms with Gasteiger partial charge in [0.05, 0.1) is 10.2 Å². The Morgan fingerprint density at radius 2 is 2.29 bits per heavy atom. The molecule has 2 aromatic heterocycles. The molecule has 0 aliphatic heterocycles. The molecule has 3 rings (SSSR count). The quantitative estimate of drug-likeness (QED) is 0.585. The van der Waals surface area contributed by atoms with E-state index < -0.39 is 0 Å². The predicted molar refractivity (Wildman–Crippen MR) is 59.5 cm³/mol. The van der Waals surface area contributed by atoms with E-state index in [0.29, 0.717) is 0 Å². The van der Waals surface area contributed by atoms with E-state index in [1.807, 2.05) is 19.1 Å². The monoisotopic (exact) mass is 222 g/mol. The van der Waals surface area contributed by atoms with Crippen molar-refractivity contribution in [3.8, 4) is 0 Å². The molecule has 3 nitrogen and oxygen atoms in total. The van der Waals surface area contributed by atoms with Gasteiger partial charge in [0.1, 0.15) is 0 Å². The number of aryl methyl sites for hydroxylation is 1. The third-order valence-corrected chi connectivity index (χ3v) is 3.86. The Balaban J connectivity index is 2.65. The molecule has 0 N–H and O–H groups in total. The van der Waals surface area contributed by atoms with Crippen molar-refractivity contribution in [3.63, 3.8) is 0 Å². The lowest BCUT2D eigenvalue weighted by Crippen LogP contribution is -2.00. The largest absolute Gasteiger partial charge is 0.331 e. The molecule has 5 heteroatoms. The van der Waals surface area contributed by atoms with E-state index in [1.54, 1.807) is 15.7 Å². The summed E-state index contributed by atoms with van der Waals surface area (Å²) in [6.45, 7) is 2.04. The third-order valence-electron chi connectivity index (χ3n) is 2.13. The highest BCUT2D eigenvalue weighted by molar-refractivity contribution is 7.24. The highest BCUT2D eigenvalue weighted by atomic mass is 32.1. The Labute approximate surface area is 87.4 Å². The number of rotatable bonds is 0. The number of nitrogens with zero attached hydrogens (tertiary/aromatic N) is 2. The molecule has 0 fully saturated rings. The fourth-order valence-electron chi connectivity index (χ4n) is 1.49. The molecule has 3 aromatic rings. The smallest absolute Gasteiger partial charge is 0.255 e. The van der Waals surface area contributed by atoms with Crippen LogP contribution >= 0.6 is 22.9 Å². The zero-order valence-electron chi connectivity index (χ0n) is 7.35. The van der Waals surface area contributed by atoms with Gasteiger partial charge < -0.3 is 0 Å². The average molecular weight is 222 g/mol. The molecule has 0 amide bonds. The van der Waals surface area contributed by atoms with Gasteiger partial charge in [-0.3, -0.25) is 4.79 Å². The molecule has 0 aliphatic carbocycles. The Morgan fingerprint density at radius 3 is 3.14 bits per heavy atom. The molecule has 1 aromatic carbocycles. The first-order chi connectivity index (χ1) is 6.75. The van der Waals surface area contributed by atoms with Crippen LogP contribution in [0.3, 0.4) is 0 Å². The molecule has 0 aliphatic rings. The summed E-state index contributed by atoms with van der Waals surface area (Å²) in [5.41, 5.74) is 2.17. The average Bonchev–Trinajstić information content (AvgIpc) is 2.66. The summed E-state index contributed by atoms with van der Waals surface area (Å²) in [6, 6.07) is 6.07. The van der Waals surface area contributed by atoms with Crippen molar-refractivity contribution in [1.29, 1.82) is 0 Å². The summed E-state index contributed by atoms with van der Waals surface area (Å²) in [4.78, 5) is 12.3. The second-order valence-corrected chi connectivity index (χ2v) is 4.86. The van der Waals surface area contributed by atoms with Crippen LogP contribution in [0.15, 0.2) is 23.0 Å². The maximum Gasteiger partial charge on any atom is 0.331 e. The van der Waals surface area contributed by atoms with Gasteiger partial charge in [-0.15, -0.1) is 0 Å². The number of hydrogen-bond acceptors (Lipinski definition) is 4. The lowest BCUT2D eigenvalue weighted by molar-refractivity contribution is 1.23. The topological polar surface area (TPSA) is 34.4 Å². The number of hydrogen-bond donors (Lipinski definition) is 0. The summed E-state index contributed by atoms with van der Waals surface area (Å²) >= 11 is 2.57. The van der Waals surface area contributed by atoms with Crippen LogP contribution < -0.4 is 4.87 Å². The zero-order valence-corrected chi connectivity index (χ0v) is 8.98. The Kier molecular flexibility index (Phi) is 1.54. The third kappa shape index (κ3) is 0.964. The summed E-state index contributed by atoms with van der Waals surface area (Å²) < 4.78 is 6.89. The van der Waals surface area contributed by atoms with E-state index in [0.717, 1.165) is 26.7 Å². The number of fused-ring (bicyclic) bond motifs is 3. The molecular formula is C9H6N2OS2. The SMILES string of the molecule is Cc1ccc2c(c1)sc1nsc(=O)n12. The molecule has 0 saturated carbocycles. The Morgan fingerprint density at radius 1 is 1.43 bits per heavy atom. The molecule has 0 saturated heterocycles. The van der Waals surface area contributed by atoms with Crippen molar-refractivity contribution in [1.82, 2.24) is 8.77 Å². The minimum atomic E-state index is -0.00453. The van der Waals surface area contributed by atoms with Crippen LogP contribution in [0, 0.1) is 6.92 Å². The fourth-order valence-corrected chi connectivity index (χ4v) is 3.29. The van der Waals surface area contributed by atoms with Crippen molar-refractivity contribution in [3.05, 3.63) is 33.4 Å². The van der Waals surface area contributed by atoms with Crippen molar-refractivity contribution < 1.29 is 0 Å². The van der Waals surface area contributed by atoms with Crippen molar-refractivity contribution in [2.24, 2.45) is 0 Å². The van der Waals surface area contributed by atoms with Gasteiger partial charge in [0, 0.05) is 11.5 Å². The summed E-state index contributed by atoms with van der Waals surface area (Å²) in [6.07, 6.45) is 0. The van der Waals surface area contributed by atoms with Gasteiger partial charge in [0.15, 0.2) is 0 Å². The zero-order chi connectivity index (χ0) is 9.71. The first kappa shape index (κ1) is 8.14. The van der Waals surface area contributed by atoms with Crippen LogP contribution in [0.4, 0.5) is 0 Å². The number of thiazole rings is 1. The molecule has 0 unspecified atom stereocenters. The summed E-state index contributed by atoms with van der Waals surface area (Å²) in [7, 11) is 0. The van der Waals surface area contributed by atoms with E-state index in [4.69, 9.17) is 0 Å². The lowest BCUT2D eigenvalue weighted by atomic mass is 10.2. The molecule has 0 radical (unpaired) electrons. The van der Waals surface area contributed by atoms with E-state index in [-0.39, 0.29) is 4.87 Å². The standard InChI is InChI=1S/C9H6N2OS2/c1-5-2-3-6-7(4-5)13-8-10-14-9(12)11(6)8/h2-4H,1H3.